The number of aromatic nitrogens is 4. The van der Waals surface area contributed by atoms with Crippen molar-refractivity contribution in [3.05, 3.63) is 36.0 Å². The maximum atomic E-state index is 12.6. The number of carbonyl (C=O) groups excluding carboxylic acids is 1. The van der Waals surface area contributed by atoms with Crippen LogP contribution in [0.25, 0.3) is 0 Å². The third kappa shape index (κ3) is 3.24. The maximum Gasteiger partial charge on any atom is 0.242 e. The second-order valence-electron chi connectivity index (χ2n) is 6.14. The number of amides is 1. The van der Waals surface area contributed by atoms with E-state index in [1.165, 1.54) is 5.56 Å². The van der Waals surface area contributed by atoms with Crippen molar-refractivity contribution >= 4 is 11.7 Å². The molecule has 0 aliphatic carbocycles. The number of nitrogens with one attached hydrogen (secondary N) is 1. The van der Waals surface area contributed by atoms with Gasteiger partial charge in [0.1, 0.15) is 12.1 Å². The number of rotatable bonds is 4. The van der Waals surface area contributed by atoms with E-state index >= 15 is 0 Å². The van der Waals surface area contributed by atoms with Crippen molar-refractivity contribution in [2.45, 2.75) is 45.8 Å². The predicted octanol–water partition coefficient (Wildman–Crippen LogP) is 1.64. The van der Waals surface area contributed by atoms with Crippen molar-refractivity contribution in [3.8, 4) is 0 Å². The van der Waals surface area contributed by atoms with Crippen LogP contribution in [0.1, 0.15) is 38.1 Å². The van der Waals surface area contributed by atoms with E-state index in [0.717, 1.165) is 24.5 Å². The average molecular weight is 314 g/mol. The Balaban J connectivity index is 1.67. The van der Waals surface area contributed by atoms with Gasteiger partial charge in [-0.2, -0.15) is 5.10 Å². The van der Waals surface area contributed by atoms with Gasteiger partial charge in [-0.1, -0.05) is 0 Å². The minimum Gasteiger partial charge on any atom is -0.310 e. The SMILES string of the molecule is CC(C)n1nccc1NC(=O)[C@H](C)N1CCc2cncnc2C1. The van der Waals surface area contributed by atoms with Crippen LogP contribution in [0.2, 0.25) is 0 Å². The van der Waals surface area contributed by atoms with Gasteiger partial charge < -0.3 is 5.32 Å². The first-order valence-corrected chi connectivity index (χ1v) is 7.92. The summed E-state index contributed by atoms with van der Waals surface area (Å²) in [6, 6.07) is 1.80. The minimum atomic E-state index is -0.228. The first kappa shape index (κ1) is 15.6. The molecule has 1 amide bonds. The highest BCUT2D eigenvalue weighted by atomic mass is 16.2. The topological polar surface area (TPSA) is 75.9 Å². The second-order valence-corrected chi connectivity index (χ2v) is 6.14. The van der Waals surface area contributed by atoms with E-state index < -0.39 is 0 Å². The first-order chi connectivity index (χ1) is 11.1. The molecule has 3 heterocycles. The fraction of sp³-hybridized carbons (Fsp3) is 0.500. The zero-order chi connectivity index (χ0) is 16.4. The highest BCUT2D eigenvalue weighted by molar-refractivity contribution is 5.93. The molecule has 0 unspecified atom stereocenters. The summed E-state index contributed by atoms with van der Waals surface area (Å²) in [5.41, 5.74) is 2.19. The molecule has 0 saturated carbocycles. The maximum absolute atomic E-state index is 12.6. The Morgan fingerprint density at radius 1 is 1.35 bits per heavy atom. The van der Waals surface area contributed by atoms with Crippen molar-refractivity contribution in [1.29, 1.82) is 0 Å². The summed E-state index contributed by atoms with van der Waals surface area (Å²) in [4.78, 5) is 23.1. The van der Waals surface area contributed by atoms with Gasteiger partial charge in [0.25, 0.3) is 0 Å². The van der Waals surface area contributed by atoms with Crippen molar-refractivity contribution in [3.63, 3.8) is 0 Å². The summed E-state index contributed by atoms with van der Waals surface area (Å²) in [5, 5.41) is 7.22. The quantitative estimate of drug-likeness (QED) is 0.928. The van der Waals surface area contributed by atoms with E-state index in [1.54, 1.807) is 12.5 Å². The number of nitrogens with zero attached hydrogens (tertiary/aromatic N) is 5. The lowest BCUT2D eigenvalue weighted by Gasteiger charge is -2.32. The molecule has 0 aromatic carbocycles. The monoisotopic (exact) mass is 314 g/mol. The fourth-order valence-corrected chi connectivity index (χ4v) is 2.82. The van der Waals surface area contributed by atoms with E-state index in [-0.39, 0.29) is 18.0 Å². The van der Waals surface area contributed by atoms with E-state index in [4.69, 9.17) is 0 Å². The summed E-state index contributed by atoms with van der Waals surface area (Å²) in [5.74, 6) is 0.710. The molecule has 3 rings (SSSR count). The van der Waals surface area contributed by atoms with Crippen LogP contribution in [-0.2, 0) is 17.8 Å². The molecule has 0 radical (unpaired) electrons. The largest absolute Gasteiger partial charge is 0.310 e. The van der Waals surface area contributed by atoms with E-state index in [9.17, 15) is 4.79 Å². The second kappa shape index (κ2) is 6.45. The van der Waals surface area contributed by atoms with Crippen molar-refractivity contribution in [1.82, 2.24) is 24.6 Å². The Labute approximate surface area is 135 Å². The molecule has 0 fully saturated rings. The van der Waals surface area contributed by atoms with E-state index in [2.05, 4.69) is 25.3 Å². The van der Waals surface area contributed by atoms with Gasteiger partial charge in [-0.3, -0.25) is 9.69 Å². The van der Waals surface area contributed by atoms with Gasteiger partial charge in [0.2, 0.25) is 5.91 Å². The Bertz CT molecular complexity index is 695. The molecule has 23 heavy (non-hydrogen) atoms. The summed E-state index contributed by atoms with van der Waals surface area (Å²) in [6.07, 6.45) is 6.01. The Morgan fingerprint density at radius 2 is 2.17 bits per heavy atom. The summed E-state index contributed by atoms with van der Waals surface area (Å²) in [6.45, 7) is 7.51. The lowest BCUT2D eigenvalue weighted by Crippen LogP contribution is -2.45. The molecule has 1 atom stereocenters. The van der Waals surface area contributed by atoms with Crippen LogP contribution >= 0.6 is 0 Å². The average Bonchev–Trinajstić information content (AvgIpc) is 3.02. The van der Waals surface area contributed by atoms with Crippen LogP contribution in [0.4, 0.5) is 5.82 Å². The van der Waals surface area contributed by atoms with Crippen LogP contribution in [-0.4, -0.2) is 43.1 Å². The predicted molar refractivity (Wildman–Crippen MR) is 86.8 cm³/mol. The third-order valence-electron chi connectivity index (χ3n) is 4.24. The minimum absolute atomic E-state index is 0.0232. The molecule has 1 aliphatic rings. The molecule has 7 heteroatoms. The molecule has 1 aliphatic heterocycles. The van der Waals surface area contributed by atoms with Crippen molar-refractivity contribution < 1.29 is 4.79 Å². The zero-order valence-corrected chi connectivity index (χ0v) is 13.7. The van der Waals surface area contributed by atoms with Crippen LogP contribution in [0.15, 0.2) is 24.8 Å². The number of hydrogen-bond acceptors (Lipinski definition) is 5. The highest BCUT2D eigenvalue weighted by Crippen LogP contribution is 2.19. The normalized spacial score (nSPS) is 16.2. The molecule has 0 spiro atoms. The molecule has 2 aromatic rings. The van der Waals surface area contributed by atoms with Gasteiger partial charge >= 0.3 is 0 Å². The summed E-state index contributed by atoms with van der Waals surface area (Å²) < 4.78 is 1.81. The van der Waals surface area contributed by atoms with Gasteiger partial charge in [0, 0.05) is 31.4 Å². The molecule has 1 N–H and O–H groups in total. The van der Waals surface area contributed by atoms with Gasteiger partial charge in [0.05, 0.1) is 17.9 Å². The van der Waals surface area contributed by atoms with E-state index in [0.29, 0.717) is 6.54 Å². The van der Waals surface area contributed by atoms with Crippen molar-refractivity contribution in [2.75, 3.05) is 11.9 Å². The number of hydrogen-bond donors (Lipinski definition) is 1. The number of carbonyl (C=O) groups is 1. The van der Waals surface area contributed by atoms with Crippen LogP contribution in [0.3, 0.4) is 0 Å². The fourth-order valence-electron chi connectivity index (χ4n) is 2.82. The molecule has 122 valence electrons. The Hall–Kier alpha value is -2.28. The van der Waals surface area contributed by atoms with Gasteiger partial charge in [-0.25, -0.2) is 14.6 Å². The summed E-state index contributed by atoms with van der Waals surface area (Å²) in [7, 11) is 0. The number of anilines is 1. The molecular weight excluding hydrogens is 292 g/mol. The lowest BCUT2D eigenvalue weighted by atomic mass is 10.1. The molecule has 0 saturated heterocycles. The van der Waals surface area contributed by atoms with E-state index in [1.807, 2.05) is 37.7 Å². The molecule has 2 aromatic heterocycles. The molecule has 0 bridgehead atoms. The first-order valence-electron chi connectivity index (χ1n) is 7.92. The Morgan fingerprint density at radius 3 is 2.96 bits per heavy atom. The van der Waals surface area contributed by atoms with Crippen molar-refractivity contribution in [2.24, 2.45) is 0 Å². The van der Waals surface area contributed by atoms with Crippen LogP contribution in [0.5, 0.6) is 0 Å². The Kier molecular flexibility index (Phi) is 4.38. The number of fused-ring (bicyclic) bond motifs is 1. The lowest BCUT2D eigenvalue weighted by molar-refractivity contribution is -0.121. The van der Waals surface area contributed by atoms with Crippen LogP contribution < -0.4 is 5.32 Å². The van der Waals surface area contributed by atoms with Gasteiger partial charge in [-0.05, 0) is 32.8 Å². The van der Waals surface area contributed by atoms with Gasteiger partial charge in [0.15, 0.2) is 0 Å². The zero-order valence-electron chi connectivity index (χ0n) is 13.7. The van der Waals surface area contributed by atoms with Gasteiger partial charge in [-0.15, -0.1) is 0 Å². The highest BCUT2D eigenvalue weighted by Gasteiger charge is 2.26. The standard InChI is InChI=1S/C16H22N6O/c1-11(2)22-15(4-6-19-22)20-16(23)12(3)21-7-5-13-8-17-10-18-14(13)9-21/h4,6,8,10-12H,5,7,9H2,1-3H3,(H,20,23)/t12-/m0/s1. The smallest absolute Gasteiger partial charge is 0.242 e. The molecule has 7 nitrogen and oxygen atoms in total. The third-order valence-corrected chi connectivity index (χ3v) is 4.24. The summed E-state index contributed by atoms with van der Waals surface area (Å²) >= 11 is 0. The molecular formula is C16H22N6O. The van der Waals surface area contributed by atoms with Crippen LogP contribution in [0, 0.1) is 0 Å².